The third-order valence-corrected chi connectivity index (χ3v) is 16.8. The van der Waals surface area contributed by atoms with Crippen molar-refractivity contribution in [3.8, 4) is 0 Å². The number of hydrogen-bond acceptors (Lipinski definition) is 6. The molecule has 0 aliphatic heterocycles. The molecule has 0 spiro atoms. The molecule has 0 aliphatic rings. The van der Waals surface area contributed by atoms with Gasteiger partial charge in [0.25, 0.3) is 7.82 Å². The Morgan fingerprint density at radius 3 is 1.12 bits per heavy atom. The van der Waals surface area contributed by atoms with E-state index in [9.17, 15) is 19.4 Å². The van der Waals surface area contributed by atoms with Gasteiger partial charge in [0.1, 0.15) is 13.2 Å². The van der Waals surface area contributed by atoms with Crippen LogP contribution in [0.4, 0.5) is 0 Å². The van der Waals surface area contributed by atoms with Crippen molar-refractivity contribution in [3.05, 3.63) is 85.1 Å². The lowest BCUT2D eigenvalue weighted by atomic mass is 10.0. The summed E-state index contributed by atoms with van der Waals surface area (Å²) in [4.78, 5) is 25.6. The van der Waals surface area contributed by atoms with Crippen molar-refractivity contribution in [2.75, 3.05) is 40.9 Å². The Morgan fingerprint density at radius 2 is 0.747 bits per heavy atom. The van der Waals surface area contributed by atoms with E-state index in [4.69, 9.17) is 9.05 Å². The number of aliphatic hydroxyl groups is 1. The summed E-state index contributed by atoms with van der Waals surface area (Å²) in [6.07, 6.45) is 91.5. The van der Waals surface area contributed by atoms with E-state index in [1.165, 1.54) is 238 Å². The van der Waals surface area contributed by atoms with Crippen molar-refractivity contribution in [2.45, 2.75) is 341 Å². The highest BCUT2D eigenvalue weighted by atomic mass is 31.2. The molecule has 0 bridgehead atoms. The zero-order valence-corrected chi connectivity index (χ0v) is 56.3. The number of unbranched alkanes of at least 4 members (excludes halogenated alkanes) is 40. The maximum Gasteiger partial charge on any atom is 0.268 e. The number of quaternary nitrogens is 1. The summed E-state index contributed by atoms with van der Waals surface area (Å²) in [6, 6.07) is -0.915. The molecule has 0 aliphatic carbocycles. The number of nitrogens with one attached hydrogen (secondary N) is 1. The molecule has 0 rings (SSSR count). The summed E-state index contributed by atoms with van der Waals surface area (Å²) in [6.45, 7) is 4.55. The monoisotopic (exact) mass is 1180 g/mol. The number of carbonyl (C=O) groups is 1. The van der Waals surface area contributed by atoms with E-state index in [2.05, 4.69) is 92.1 Å². The predicted octanol–water partition coefficient (Wildman–Crippen LogP) is 22.1. The van der Waals surface area contributed by atoms with Crippen molar-refractivity contribution in [3.63, 3.8) is 0 Å². The van der Waals surface area contributed by atoms with Crippen molar-refractivity contribution in [1.29, 1.82) is 0 Å². The molecule has 0 fully saturated rings. The van der Waals surface area contributed by atoms with Gasteiger partial charge in [-0.3, -0.25) is 9.36 Å². The Bertz CT molecular complexity index is 1630. The molecule has 0 heterocycles. The van der Waals surface area contributed by atoms with Crippen molar-refractivity contribution in [1.82, 2.24) is 5.32 Å². The average Bonchev–Trinajstić information content (AvgIpc) is 3.49. The largest absolute Gasteiger partial charge is 0.756 e. The number of rotatable bonds is 65. The van der Waals surface area contributed by atoms with Crippen LogP contribution in [0, 0.1) is 0 Å². The number of nitrogens with zero attached hydrogens (tertiary/aromatic N) is 1. The lowest BCUT2D eigenvalue weighted by molar-refractivity contribution is -0.870. The van der Waals surface area contributed by atoms with E-state index in [0.717, 1.165) is 70.6 Å². The molecule has 9 heteroatoms. The molecule has 1 amide bonds. The minimum Gasteiger partial charge on any atom is -0.756 e. The third kappa shape index (κ3) is 67.1. The van der Waals surface area contributed by atoms with E-state index < -0.39 is 26.6 Å². The van der Waals surface area contributed by atoms with Crippen LogP contribution in [0.15, 0.2) is 85.1 Å². The number of likely N-dealkylation sites (N-methyl/N-ethyl adjacent to an activating group) is 1. The van der Waals surface area contributed by atoms with Crippen LogP contribution in [0.3, 0.4) is 0 Å². The zero-order chi connectivity index (χ0) is 60.5. The molecule has 0 aromatic carbocycles. The van der Waals surface area contributed by atoms with Crippen LogP contribution in [0.25, 0.3) is 0 Å². The maximum atomic E-state index is 13.0. The highest BCUT2D eigenvalue weighted by molar-refractivity contribution is 7.45. The van der Waals surface area contributed by atoms with Crippen molar-refractivity contribution < 1.29 is 32.9 Å². The van der Waals surface area contributed by atoms with Gasteiger partial charge >= 0.3 is 0 Å². The van der Waals surface area contributed by atoms with Gasteiger partial charge < -0.3 is 28.8 Å². The summed E-state index contributed by atoms with van der Waals surface area (Å²) >= 11 is 0. The van der Waals surface area contributed by atoms with Crippen LogP contribution in [0.1, 0.15) is 328 Å². The summed E-state index contributed by atoms with van der Waals surface area (Å²) in [5, 5.41) is 13.9. The topological polar surface area (TPSA) is 108 Å². The van der Waals surface area contributed by atoms with Gasteiger partial charge in [0.15, 0.2) is 0 Å². The third-order valence-electron chi connectivity index (χ3n) is 15.8. The summed E-state index contributed by atoms with van der Waals surface area (Å²) in [5.74, 6) is -0.209. The first kappa shape index (κ1) is 80.7. The number of allylic oxidation sites excluding steroid dienone is 13. The van der Waals surface area contributed by atoms with Crippen LogP contribution in [0.5, 0.6) is 0 Å². The molecule has 8 nitrogen and oxygen atoms in total. The standard InChI is InChI=1S/C74H137N2O6P/c1-6-8-10-12-14-16-18-20-22-24-26-28-30-32-34-36-38-40-42-44-46-48-50-52-54-56-58-60-62-64-66-68-74(78)75-72(71-82-83(79,80)81-70-69-76(3,4)5)73(77)67-65-63-61-59-57-55-53-51-49-47-45-43-41-39-37-35-33-31-29-27-25-23-21-19-17-15-13-11-9-7-2/h8,10,14,16,20,22,26,28,49,51,57,59,65,67,72-73,77H,6-7,9,11-13,15,17-19,21,23-25,27,29-48,50,52-56,58,60-64,66,68-71H2,1-5H3,(H-,75,78,79,80)/b10-8-,16-14-,22-20-,28-26-,51-49+,59-57+,67-65+. The van der Waals surface area contributed by atoms with Crippen molar-refractivity contribution in [2.24, 2.45) is 0 Å². The minimum atomic E-state index is -4.62. The summed E-state index contributed by atoms with van der Waals surface area (Å²) in [5.41, 5.74) is 0. The van der Waals surface area contributed by atoms with E-state index in [0.29, 0.717) is 17.4 Å². The lowest BCUT2D eigenvalue weighted by Crippen LogP contribution is -2.45. The Labute approximate surface area is 516 Å². The van der Waals surface area contributed by atoms with Crippen LogP contribution in [-0.2, 0) is 18.4 Å². The van der Waals surface area contributed by atoms with E-state index >= 15 is 0 Å². The molecule has 0 aromatic heterocycles. The highest BCUT2D eigenvalue weighted by Gasteiger charge is 2.23. The van der Waals surface area contributed by atoms with E-state index in [-0.39, 0.29) is 12.5 Å². The molecule has 0 saturated heterocycles. The number of phosphoric acid groups is 1. The van der Waals surface area contributed by atoms with Gasteiger partial charge in [-0.25, -0.2) is 0 Å². The number of hydrogen-bond donors (Lipinski definition) is 2. The zero-order valence-electron chi connectivity index (χ0n) is 55.4. The normalized spacial score (nSPS) is 14.2. The Balaban J connectivity index is 4.11. The summed E-state index contributed by atoms with van der Waals surface area (Å²) in [7, 11) is 1.24. The van der Waals surface area contributed by atoms with Gasteiger partial charge in [-0.15, -0.1) is 0 Å². The first-order valence-corrected chi connectivity index (χ1v) is 36.9. The minimum absolute atomic E-state index is 0.0106. The van der Waals surface area contributed by atoms with Gasteiger partial charge in [-0.05, 0) is 83.5 Å². The van der Waals surface area contributed by atoms with Crippen LogP contribution >= 0.6 is 7.82 Å². The Hall–Kier alpha value is -2.32. The van der Waals surface area contributed by atoms with E-state index in [1.807, 2.05) is 27.2 Å². The van der Waals surface area contributed by atoms with Gasteiger partial charge in [0.2, 0.25) is 5.91 Å². The maximum absolute atomic E-state index is 13.0. The molecule has 0 radical (unpaired) electrons. The number of carbonyl (C=O) groups excluding carboxylic acids is 1. The molecule has 3 atom stereocenters. The molecule has 3 unspecified atom stereocenters. The van der Waals surface area contributed by atoms with Crippen LogP contribution in [-0.4, -0.2) is 68.5 Å². The van der Waals surface area contributed by atoms with E-state index in [1.54, 1.807) is 6.08 Å². The highest BCUT2D eigenvalue weighted by Crippen LogP contribution is 2.38. The lowest BCUT2D eigenvalue weighted by Gasteiger charge is -2.29. The Kier molecular flexibility index (Phi) is 62.4. The molecule has 0 saturated carbocycles. The molecular weight excluding hydrogens is 1040 g/mol. The predicted molar refractivity (Wildman–Crippen MR) is 362 cm³/mol. The number of phosphoric ester groups is 1. The quantitative estimate of drug-likeness (QED) is 0.0272. The molecular formula is C74H137N2O6P. The first-order chi connectivity index (χ1) is 40.5. The molecule has 83 heavy (non-hydrogen) atoms. The fourth-order valence-electron chi connectivity index (χ4n) is 10.4. The summed E-state index contributed by atoms with van der Waals surface area (Å²) < 4.78 is 23.4. The van der Waals surface area contributed by atoms with Gasteiger partial charge in [-0.1, -0.05) is 324 Å². The Morgan fingerprint density at radius 1 is 0.434 bits per heavy atom. The van der Waals surface area contributed by atoms with Crippen LogP contribution in [0.2, 0.25) is 0 Å². The van der Waals surface area contributed by atoms with Gasteiger partial charge in [-0.2, -0.15) is 0 Å². The van der Waals surface area contributed by atoms with Gasteiger partial charge in [0, 0.05) is 6.42 Å². The average molecular weight is 1180 g/mol. The number of amides is 1. The van der Waals surface area contributed by atoms with Crippen LogP contribution < -0.4 is 10.2 Å². The van der Waals surface area contributed by atoms with Crippen molar-refractivity contribution >= 4 is 13.7 Å². The SMILES string of the molecule is CC/C=C\C/C=C\C/C=C\C/C=C\CCCCCCCCCCCCCCCCCCCCC(=O)NC(COP(=O)([O-])OCC[N+](C)(C)C)C(O)/C=C/CC/C=C/CC/C=C/CCCCCCCCCCCCCCCCCCCCCC. The first-order valence-electron chi connectivity index (χ1n) is 35.4. The smallest absolute Gasteiger partial charge is 0.268 e. The molecule has 0 aromatic rings. The fourth-order valence-corrected chi connectivity index (χ4v) is 11.1. The molecule has 484 valence electrons. The second kappa shape index (κ2) is 64.2. The fraction of sp³-hybridized carbons (Fsp3) is 0.797. The second-order valence-corrected chi connectivity index (χ2v) is 26.6. The van der Waals surface area contributed by atoms with Gasteiger partial charge in [0.05, 0.1) is 39.9 Å². The number of aliphatic hydroxyl groups excluding tert-OH is 1. The molecule has 2 N–H and O–H groups in total. The second-order valence-electron chi connectivity index (χ2n) is 25.2.